The van der Waals surface area contributed by atoms with Gasteiger partial charge in [0, 0.05) is 24.7 Å². The summed E-state index contributed by atoms with van der Waals surface area (Å²) < 4.78 is 10.5. The standard InChI is InChI=1S/C21H24N4O3/c1-27-17-10-7-11-18(28-2)19(17)20(26)22-12-5-6-13-23-21-24-14-15-8-3-4-9-16(15)25-21/h3-4,7-11,14H,5-6,12-13H2,1-2H3,(H,22,26)(H,23,24,25). The van der Waals surface area contributed by atoms with E-state index in [0.29, 0.717) is 29.6 Å². The number of aromatic nitrogens is 2. The Morgan fingerprint density at radius 2 is 1.68 bits per heavy atom. The number of fused-ring (bicyclic) bond motifs is 1. The van der Waals surface area contributed by atoms with Crippen molar-refractivity contribution in [3.8, 4) is 11.5 Å². The Morgan fingerprint density at radius 1 is 0.964 bits per heavy atom. The van der Waals surface area contributed by atoms with Crippen LogP contribution in [-0.4, -0.2) is 43.2 Å². The second-order valence-corrected chi connectivity index (χ2v) is 6.18. The van der Waals surface area contributed by atoms with Gasteiger partial charge >= 0.3 is 0 Å². The van der Waals surface area contributed by atoms with Crippen LogP contribution in [0.5, 0.6) is 11.5 Å². The minimum Gasteiger partial charge on any atom is -0.496 e. The second kappa shape index (κ2) is 9.55. The maximum Gasteiger partial charge on any atom is 0.258 e. The molecule has 0 atom stereocenters. The molecule has 0 saturated carbocycles. The third-order valence-electron chi connectivity index (χ3n) is 4.32. The van der Waals surface area contributed by atoms with E-state index in [4.69, 9.17) is 9.47 Å². The normalized spacial score (nSPS) is 10.5. The van der Waals surface area contributed by atoms with Crippen LogP contribution < -0.4 is 20.1 Å². The minimum atomic E-state index is -0.208. The Hall–Kier alpha value is -3.35. The minimum absolute atomic E-state index is 0.208. The van der Waals surface area contributed by atoms with E-state index >= 15 is 0 Å². The van der Waals surface area contributed by atoms with Gasteiger partial charge in [0.25, 0.3) is 5.91 Å². The quantitative estimate of drug-likeness (QED) is 0.554. The molecule has 0 bridgehead atoms. The zero-order chi connectivity index (χ0) is 19.8. The smallest absolute Gasteiger partial charge is 0.258 e. The number of nitrogens with one attached hydrogen (secondary N) is 2. The van der Waals surface area contributed by atoms with Gasteiger partial charge in [-0.05, 0) is 31.0 Å². The molecule has 0 saturated heterocycles. The summed E-state index contributed by atoms with van der Waals surface area (Å²) in [5.74, 6) is 1.39. The largest absolute Gasteiger partial charge is 0.496 e. The molecule has 0 unspecified atom stereocenters. The lowest BCUT2D eigenvalue weighted by Gasteiger charge is -2.13. The number of anilines is 1. The first-order chi connectivity index (χ1) is 13.7. The van der Waals surface area contributed by atoms with Gasteiger partial charge in [-0.25, -0.2) is 9.97 Å². The average molecular weight is 380 g/mol. The number of carbonyl (C=O) groups is 1. The summed E-state index contributed by atoms with van der Waals surface area (Å²) in [6.45, 7) is 1.28. The summed E-state index contributed by atoms with van der Waals surface area (Å²) in [4.78, 5) is 21.3. The predicted octanol–water partition coefficient (Wildman–Crippen LogP) is 3.27. The summed E-state index contributed by atoms with van der Waals surface area (Å²) in [5, 5.41) is 7.15. The van der Waals surface area contributed by atoms with Gasteiger partial charge in [0.1, 0.15) is 17.1 Å². The molecule has 1 amide bonds. The van der Waals surface area contributed by atoms with Crippen molar-refractivity contribution in [2.75, 3.05) is 32.6 Å². The highest BCUT2D eigenvalue weighted by Gasteiger charge is 2.17. The van der Waals surface area contributed by atoms with Crippen LogP contribution in [0.3, 0.4) is 0 Å². The zero-order valence-electron chi connectivity index (χ0n) is 16.1. The van der Waals surface area contributed by atoms with E-state index in [2.05, 4.69) is 20.6 Å². The van der Waals surface area contributed by atoms with Gasteiger partial charge in [0.15, 0.2) is 0 Å². The van der Waals surface area contributed by atoms with Gasteiger partial charge in [0.2, 0.25) is 5.95 Å². The number of nitrogens with zero attached hydrogens (tertiary/aromatic N) is 2. The molecular weight excluding hydrogens is 356 g/mol. The number of hydrogen-bond acceptors (Lipinski definition) is 6. The Morgan fingerprint density at radius 3 is 2.43 bits per heavy atom. The molecule has 146 valence electrons. The Bertz CT molecular complexity index is 924. The number of unbranched alkanes of at least 4 members (excludes halogenated alkanes) is 1. The maximum absolute atomic E-state index is 12.5. The summed E-state index contributed by atoms with van der Waals surface area (Å²) >= 11 is 0. The van der Waals surface area contributed by atoms with Gasteiger partial charge in [-0.3, -0.25) is 4.79 Å². The monoisotopic (exact) mass is 380 g/mol. The summed E-state index contributed by atoms with van der Waals surface area (Å²) in [7, 11) is 3.07. The Balaban J connectivity index is 1.44. The maximum atomic E-state index is 12.5. The first kappa shape index (κ1) is 19.4. The summed E-state index contributed by atoms with van der Waals surface area (Å²) in [6.07, 6.45) is 3.51. The molecule has 7 heteroatoms. The van der Waals surface area contributed by atoms with Crippen LogP contribution in [0.25, 0.3) is 10.9 Å². The van der Waals surface area contributed by atoms with Crippen LogP contribution in [0.15, 0.2) is 48.7 Å². The number of amides is 1. The van der Waals surface area contributed by atoms with Gasteiger partial charge in [-0.1, -0.05) is 24.3 Å². The second-order valence-electron chi connectivity index (χ2n) is 6.18. The van der Waals surface area contributed by atoms with Crippen molar-refractivity contribution in [1.82, 2.24) is 15.3 Å². The number of ether oxygens (including phenoxy) is 2. The molecule has 3 rings (SSSR count). The van der Waals surface area contributed by atoms with Crippen molar-refractivity contribution >= 4 is 22.8 Å². The average Bonchev–Trinajstić information content (AvgIpc) is 2.75. The molecule has 0 aliphatic carbocycles. The fourth-order valence-electron chi connectivity index (χ4n) is 2.87. The van der Waals surface area contributed by atoms with Crippen LogP contribution in [0, 0.1) is 0 Å². The lowest BCUT2D eigenvalue weighted by Crippen LogP contribution is -2.25. The predicted molar refractivity (Wildman–Crippen MR) is 109 cm³/mol. The van der Waals surface area contributed by atoms with E-state index < -0.39 is 0 Å². The third kappa shape index (κ3) is 4.68. The Labute approximate surface area is 164 Å². The van der Waals surface area contributed by atoms with Crippen LogP contribution in [0.2, 0.25) is 0 Å². The molecule has 28 heavy (non-hydrogen) atoms. The van der Waals surface area contributed by atoms with E-state index in [1.165, 1.54) is 14.2 Å². The summed E-state index contributed by atoms with van der Waals surface area (Å²) in [6, 6.07) is 13.1. The highest BCUT2D eigenvalue weighted by atomic mass is 16.5. The SMILES string of the molecule is COc1cccc(OC)c1C(=O)NCCCCNc1ncc2ccccc2n1. The lowest BCUT2D eigenvalue weighted by molar-refractivity contribution is 0.0947. The molecule has 0 aliphatic rings. The highest BCUT2D eigenvalue weighted by molar-refractivity contribution is 5.99. The van der Waals surface area contributed by atoms with E-state index in [1.54, 1.807) is 18.2 Å². The van der Waals surface area contributed by atoms with E-state index in [9.17, 15) is 4.79 Å². The van der Waals surface area contributed by atoms with E-state index in [-0.39, 0.29) is 5.91 Å². The first-order valence-corrected chi connectivity index (χ1v) is 9.18. The molecule has 0 aliphatic heterocycles. The molecule has 0 spiro atoms. The van der Waals surface area contributed by atoms with Crippen molar-refractivity contribution < 1.29 is 14.3 Å². The molecule has 2 aromatic carbocycles. The van der Waals surface area contributed by atoms with Crippen molar-refractivity contribution in [1.29, 1.82) is 0 Å². The topological polar surface area (TPSA) is 85.4 Å². The van der Waals surface area contributed by atoms with Crippen molar-refractivity contribution in [2.24, 2.45) is 0 Å². The molecule has 1 aromatic heterocycles. The molecule has 1 heterocycles. The van der Waals surface area contributed by atoms with E-state index in [1.807, 2.05) is 30.5 Å². The number of carbonyl (C=O) groups excluding carboxylic acids is 1. The van der Waals surface area contributed by atoms with Gasteiger partial charge in [-0.2, -0.15) is 0 Å². The molecular formula is C21H24N4O3. The van der Waals surface area contributed by atoms with Crippen LogP contribution in [0.1, 0.15) is 23.2 Å². The molecule has 2 N–H and O–H groups in total. The van der Waals surface area contributed by atoms with E-state index in [0.717, 1.165) is 30.3 Å². The highest BCUT2D eigenvalue weighted by Crippen LogP contribution is 2.27. The number of hydrogen-bond donors (Lipinski definition) is 2. The van der Waals surface area contributed by atoms with Gasteiger partial charge in [-0.15, -0.1) is 0 Å². The molecule has 7 nitrogen and oxygen atoms in total. The molecule has 0 fully saturated rings. The third-order valence-corrected chi connectivity index (χ3v) is 4.32. The zero-order valence-corrected chi connectivity index (χ0v) is 16.1. The van der Waals surface area contributed by atoms with Crippen LogP contribution in [-0.2, 0) is 0 Å². The number of para-hydroxylation sites is 1. The van der Waals surface area contributed by atoms with Gasteiger partial charge < -0.3 is 20.1 Å². The van der Waals surface area contributed by atoms with Gasteiger partial charge in [0.05, 0.1) is 19.7 Å². The number of methoxy groups -OCH3 is 2. The van der Waals surface area contributed by atoms with Crippen molar-refractivity contribution in [3.05, 3.63) is 54.2 Å². The van der Waals surface area contributed by atoms with Crippen molar-refractivity contribution in [3.63, 3.8) is 0 Å². The molecule has 3 aromatic rings. The summed E-state index contributed by atoms with van der Waals surface area (Å²) in [5.41, 5.74) is 1.33. The van der Waals surface area contributed by atoms with Crippen LogP contribution in [0.4, 0.5) is 5.95 Å². The fraction of sp³-hybridized carbons (Fsp3) is 0.286. The molecule has 0 radical (unpaired) electrons. The number of rotatable bonds is 9. The lowest BCUT2D eigenvalue weighted by atomic mass is 10.1. The van der Waals surface area contributed by atoms with Crippen molar-refractivity contribution in [2.45, 2.75) is 12.8 Å². The Kier molecular flexibility index (Phi) is 6.62. The van der Waals surface area contributed by atoms with Crippen LogP contribution >= 0.6 is 0 Å². The fourth-order valence-corrected chi connectivity index (χ4v) is 2.87. The first-order valence-electron chi connectivity index (χ1n) is 9.18. The number of benzene rings is 2.